The highest BCUT2D eigenvalue weighted by Crippen LogP contribution is 2.18. The highest BCUT2D eigenvalue weighted by atomic mass is 19.1. The first kappa shape index (κ1) is 14.4. The number of aliphatic hydroxyl groups is 1. The maximum atomic E-state index is 12.8. The maximum Gasteiger partial charge on any atom is 0.123 e. The fourth-order valence-electron chi connectivity index (χ4n) is 2.44. The first-order chi connectivity index (χ1) is 9.15. The van der Waals surface area contributed by atoms with Crippen LogP contribution in [0.2, 0.25) is 0 Å². The van der Waals surface area contributed by atoms with Crippen molar-refractivity contribution < 1.29 is 14.2 Å². The largest absolute Gasteiger partial charge is 0.388 e. The van der Waals surface area contributed by atoms with Crippen LogP contribution in [0.1, 0.15) is 31.4 Å². The van der Waals surface area contributed by atoms with E-state index < -0.39 is 6.10 Å². The van der Waals surface area contributed by atoms with Gasteiger partial charge in [-0.15, -0.1) is 0 Å². The van der Waals surface area contributed by atoms with Crippen molar-refractivity contribution in [2.45, 2.75) is 32.0 Å². The Bertz CT molecular complexity index is 382. The molecule has 106 valence electrons. The molecule has 1 N–H and O–H groups in total. The van der Waals surface area contributed by atoms with Crippen LogP contribution in [0.3, 0.4) is 0 Å². The van der Waals surface area contributed by atoms with Crippen LogP contribution >= 0.6 is 0 Å². The molecule has 1 aromatic carbocycles. The molecule has 2 atom stereocenters. The number of aliphatic hydroxyl groups excluding tert-OH is 1. The summed E-state index contributed by atoms with van der Waals surface area (Å²) in [5.74, 6) is -0.269. The van der Waals surface area contributed by atoms with E-state index in [9.17, 15) is 9.50 Å². The molecule has 2 rings (SSSR count). The van der Waals surface area contributed by atoms with Crippen LogP contribution < -0.4 is 0 Å². The van der Waals surface area contributed by atoms with Gasteiger partial charge in [-0.25, -0.2) is 4.39 Å². The fourth-order valence-corrected chi connectivity index (χ4v) is 2.44. The summed E-state index contributed by atoms with van der Waals surface area (Å²) in [5, 5.41) is 10.1. The second-order valence-electron chi connectivity index (χ2n) is 5.19. The summed E-state index contributed by atoms with van der Waals surface area (Å²) in [6.07, 6.45) is 1.43. The van der Waals surface area contributed by atoms with Crippen molar-refractivity contribution in [2.75, 3.05) is 26.2 Å². The Kier molecular flexibility index (Phi) is 5.31. The predicted octanol–water partition coefficient (Wildman–Crippen LogP) is 2.36. The zero-order chi connectivity index (χ0) is 13.7. The van der Waals surface area contributed by atoms with Crippen molar-refractivity contribution in [1.82, 2.24) is 4.90 Å². The molecule has 1 fully saturated rings. The number of ether oxygens (including phenoxy) is 1. The molecule has 3 nitrogen and oxygen atoms in total. The van der Waals surface area contributed by atoms with Crippen LogP contribution in [-0.2, 0) is 4.74 Å². The van der Waals surface area contributed by atoms with Gasteiger partial charge in [0.05, 0.1) is 12.2 Å². The quantitative estimate of drug-likeness (QED) is 0.909. The summed E-state index contributed by atoms with van der Waals surface area (Å²) < 4.78 is 18.4. The normalized spacial score (nSPS) is 23.0. The van der Waals surface area contributed by atoms with Gasteiger partial charge in [0.1, 0.15) is 5.82 Å². The molecule has 0 amide bonds. The van der Waals surface area contributed by atoms with E-state index in [1.165, 1.54) is 12.1 Å². The van der Waals surface area contributed by atoms with Crippen LogP contribution in [0.4, 0.5) is 4.39 Å². The molecule has 0 radical (unpaired) electrons. The van der Waals surface area contributed by atoms with Gasteiger partial charge in [0.2, 0.25) is 0 Å². The molecule has 1 heterocycles. The highest BCUT2D eigenvalue weighted by molar-refractivity contribution is 5.18. The van der Waals surface area contributed by atoms with Crippen LogP contribution in [0.25, 0.3) is 0 Å². The highest BCUT2D eigenvalue weighted by Gasteiger charge is 2.16. The van der Waals surface area contributed by atoms with Gasteiger partial charge in [0.25, 0.3) is 0 Å². The topological polar surface area (TPSA) is 32.7 Å². The summed E-state index contributed by atoms with van der Waals surface area (Å²) in [7, 11) is 0. The Morgan fingerprint density at radius 3 is 2.89 bits per heavy atom. The van der Waals surface area contributed by atoms with Gasteiger partial charge < -0.3 is 14.7 Å². The Morgan fingerprint density at radius 1 is 1.42 bits per heavy atom. The zero-order valence-electron chi connectivity index (χ0n) is 11.4. The number of halogens is 1. The molecule has 0 aliphatic carbocycles. The lowest BCUT2D eigenvalue weighted by Crippen LogP contribution is -2.31. The smallest absolute Gasteiger partial charge is 0.123 e. The van der Waals surface area contributed by atoms with Crippen molar-refractivity contribution in [3.63, 3.8) is 0 Å². The molecule has 0 bridgehead atoms. The Morgan fingerprint density at radius 2 is 2.16 bits per heavy atom. The standard InChI is InChI=1S/C15H22FNO2/c1-12-11-17(8-2-10-19-12)9-7-15(18)13-3-5-14(16)6-4-13/h3-6,12,15,18H,2,7-11H2,1H3. The minimum Gasteiger partial charge on any atom is -0.388 e. The van der Waals surface area contributed by atoms with E-state index in [2.05, 4.69) is 11.8 Å². The van der Waals surface area contributed by atoms with E-state index in [-0.39, 0.29) is 11.9 Å². The monoisotopic (exact) mass is 267 g/mol. The number of benzene rings is 1. The summed E-state index contributed by atoms with van der Waals surface area (Å²) in [5.41, 5.74) is 0.778. The van der Waals surface area contributed by atoms with Crippen LogP contribution in [0, 0.1) is 5.82 Å². The van der Waals surface area contributed by atoms with Crippen molar-refractivity contribution in [1.29, 1.82) is 0 Å². The number of nitrogens with zero attached hydrogens (tertiary/aromatic N) is 1. The molecular formula is C15H22FNO2. The van der Waals surface area contributed by atoms with Crippen molar-refractivity contribution >= 4 is 0 Å². The summed E-state index contributed by atoms with van der Waals surface area (Å²) in [4.78, 5) is 2.32. The summed E-state index contributed by atoms with van der Waals surface area (Å²) in [6.45, 7) is 5.66. The molecule has 0 saturated carbocycles. The average molecular weight is 267 g/mol. The van der Waals surface area contributed by atoms with E-state index in [1.807, 2.05) is 0 Å². The third kappa shape index (κ3) is 4.56. The minimum atomic E-state index is -0.528. The van der Waals surface area contributed by atoms with Crippen LogP contribution in [0.5, 0.6) is 0 Å². The molecule has 1 saturated heterocycles. The Balaban J connectivity index is 1.82. The molecule has 1 aliphatic heterocycles. The lowest BCUT2D eigenvalue weighted by atomic mass is 10.1. The molecule has 1 aliphatic rings. The molecule has 4 heteroatoms. The van der Waals surface area contributed by atoms with E-state index in [4.69, 9.17) is 4.74 Å². The second-order valence-corrected chi connectivity index (χ2v) is 5.19. The van der Waals surface area contributed by atoms with Crippen molar-refractivity contribution in [2.24, 2.45) is 0 Å². The minimum absolute atomic E-state index is 0.255. The third-order valence-electron chi connectivity index (χ3n) is 3.51. The number of hydrogen-bond acceptors (Lipinski definition) is 3. The molecular weight excluding hydrogens is 245 g/mol. The SMILES string of the molecule is CC1CN(CCC(O)c2ccc(F)cc2)CCCO1. The number of rotatable bonds is 4. The molecule has 1 aromatic rings. The third-order valence-corrected chi connectivity index (χ3v) is 3.51. The van der Waals surface area contributed by atoms with Crippen LogP contribution in [-0.4, -0.2) is 42.4 Å². The van der Waals surface area contributed by atoms with Gasteiger partial charge in [-0.05, 0) is 37.5 Å². The average Bonchev–Trinajstić information content (AvgIpc) is 2.61. The predicted molar refractivity (Wildman–Crippen MR) is 72.4 cm³/mol. The van der Waals surface area contributed by atoms with E-state index in [1.54, 1.807) is 12.1 Å². The molecule has 2 unspecified atom stereocenters. The summed E-state index contributed by atoms with van der Waals surface area (Å²) >= 11 is 0. The van der Waals surface area contributed by atoms with E-state index in [0.29, 0.717) is 6.42 Å². The van der Waals surface area contributed by atoms with Gasteiger partial charge in [0, 0.05) is 26.2 Å². The fraction of sp³-hybridized carbons (Fsp3) is 0.600. The lowest BCUT2D eigenvalue weighted by molar-refractivity contribution is 0.0644. The second kappa shape index (κ2) is 6.98. The van der Waals surface area contributed by atoms with Gasteiger partial charge in [0.15, 0.2) is 0 Å². The Hall–Kier alpha value is -0.970. The first-order valence-corrected chi connectivity index (χ1v) is 6.92. The number of hydrogen-bond donors (Lipinski definition) is 1. The van der Waals surface area contributed by atoms with Crippen molar-refractivity contribution in [3.05, 3.63) is 35.6 Å². The Labute approximate surface area is 114 Å². The van der Waals surface area contributed by atoms with E-state index in [0.717, 1.165) is 38.2 Å². The lowest BCUT2D eigenvalue weighted by Gasteiger charge is -2.23. The first-order valence-electron chi connectivity index (χ1n) is 6.92. The van der Waals surface area contributed by atoms with E-state index >= 15 is 0 Å². The maximum absolute atomic E-state index is 12.8. The van der Waals surface area contributed by atoms with Gasteiger partial charge in [-0.1, -0.05) is 12.1 Å². The summed E-state index contributed by atoms with van der Waals surface area (Å²) in [6, 6.07) is 6.07. The molecule has 19 heavy (non-hydrogen) atoms. The molecule has 0 aromatic heterocycles. The van der Waals surface area contributed by atoms with Crippen molar-refractivity contribution in [3.8, 4) is 0 Å². The van der Waals surface area contributed by atoms with Gasteiger partial charge >= 0.3 is 0 Å². The zero-order valence-corrected chi connectivity index (χ0v) is 11.4. The van der Waals surface area contributed by atoms with Crippen LogP contribution in [0.15, 0.2) is 24.3 Å². The van der Waals surface area contributed by atoms with Gasteiger partial charge in [-0.2, -0.15) is 0 Å². The van der Waals surface area contributed by atoms with Gasteiger partial charge in [-0.3, -0.25) is 0 Å². The molecule has 0 spiro atoms.